The van der Waals surface area contributed by atoms with Gasteiger partial charge in [0.1, 0.15) is 5.01 Å². The predicted molar refractivity (Wildman–Crippen MR) is 54.8 cm³/mol. The molecule has 0 aromatic carbocycles. The van der Waals surface area contributed by atoms with Crippen LogP contribution in [0.2, 0.25) is 5.02 Å². The molecule has 2 aromatic rings. The van der Waals surface area contributed by atoms with E-state index in [1.54, 1.807) is 17.1 Å². The second-order valence-electron chi connectivity index (χ2n) is 2.61. The zero-order chi connectivity index (χ0) is 9.97. The highest BCUT2D eigenvalue weighted by atomic mass is 35.5. The Labute approximate surface area is 89.7 Å². The van der Waals surface area contributed by atoms with Gasteiger partial charge in [-0.05, 0) is 7.05 Å². The quantitative estimate of drug-likeness (QED) is 0.856. The summed E-state index contributed by atoms with van der Waals surface area (Å²) in [7, 11) is 1.87. The molecule has 0 amide bonds. The summed E-state index contributed by atoms with van der Waals surface area (Å²) in [5.41, 5.74) is 0. The van der Waals surface area contributed by atoms with Gasteiger partial charge in [0.05, 0.1) is 17.4 Å². The molecular formula is C7H8ClN5S. The van der Waals surface area contributed by atoms with E-state index in [0.717, 1.165) is 10.1 Å². The fourth-order valence-electron chi connectivity index (χ4n) is 0.965. The zero-order valence-electron chi connectivity index (χ0n) is 7.44. The smallest absolute Gasteiger partial charge is 0.232 e. The summed E-state index contributed by atoms with van der Waals surface area (Å²) in [6.07, 6.45) is 3.27. The number of nitrogens with zero attached hydrogens (tertiary/aromatic N) is 4. The van der Waals surface area contributed by atoms with Crippen molar-refractivity contribution in [2.24, 2.45) is 0 Å². The molecule has 0 saturated carbocycles. The molecule has 5 nitrogen and oxygen atoms in total. The average Bonchev–Trinajstić information content (AvgIpc) is 2.74. The van der Waals surface area contributed by atoms with Crippen LogP contribution in [-0.2, 0) is 6.54 Å². The number of halogens is 1. The Morgan fingerprint density at radius 2 is 2.43 bits per heavy atom. The second kappa shape index (κ2) is 4.04. The number of hydrogen-bond acceptors (Lipinski definition) is 5. The predicted octanol–water partition coefficient (Wildman–Crippen LogP) is 1.10. The molecule has 74 valence electrons. The van der Waals surface area contributed by atoms with Gasteiger partial charge in [-0.3, -0.25) is 0 Å². The molecule has 0 unspecified atom stereocenters. The van der Waals surface area contributed by atoms with Crippen molar-refractivity contribution in [3.63, 3.8) is 0 Å². The molecule has 7 heteroatoms. The van der Waals surface area contributed by atoms with E-state index >= 15 is 0 Å². The van der Waals surface area contributed by atoms with Gasteiger partial charge < -0.3 is 5.32 Å². The van der Waals surface area contributed by atoms with Gasteiger partial charge in [0, 0.05) is 6.54 Å². The van der Waals surface area contributed by atoms with Gasteiger partial charge in [-0.15, -0.1) is 10.2 Å². The molecule has 0 fully saturated rings. The lowest BCUT2D eigenvalue weighted by Gasteiger charge is -1.90. The molecule has 2 heterocycles. The van der Waals surface area contributed by atoms with E-state index in [2.05, 4.69) is 20.6 Å². The van der Waals surface area contributed by atoms with Gasteiger partial charge in [0.15, 0.2) is 0 Å². The van der Waals surface area contributed by atoms with Gasteiger partial charge in [-0.1, -0.05) is 22.9 Å². The second-order valence-corrected chi connectivity index (χ2v) is 4.09. The van der Waals surface area contributed by atoms with E-state index < -0.39 is 0 Å². The van der Waals surface area contributed by atoms with Crippen LogP contribution in [0, 0.1) is 0 Å². The molecule has 0 radical (unpaired) electrons. The monoisotopic (exact) mass is 229 g/mol. The van der Waals surface area contributed by atoms with Crippen LogP contribution in [0.5, 0.6) is 0 Å². The molecule has 2 aromatic heterocycles. The van der Waals surface area contributed by atoms with Crippen molar-refractivity contribution in [3.05, 3.63) is 22.4 Å². The molecule has 0 spiro atoms. The highest BCUT2D eigenvalue weighted by Gasteiger charge is 2.06. The maximum Gasteiger partial charge on any atom is 0.232 e. The lowest BCUT2D eigenvalue weighted by molar-refractivity contribution is 0.785. The highest BCUT2D eigenvalue weighted by Crippen LogP contribution is 2.15. The van der Waals surface area contributed by atoms with Crippen LogP contribution in [0.1, 0.15) is 5.01 Å². The molecule has 0 aliphatic carbocycles. The molecule has 14 heavy (non-hydrogen) atoms. The van der Waals surface area contributed by atoms with Gasteiger partial charge in [0.2, 0.25) is 5.13 Å². The zero-order valence-corrected chi connectivity index (χ0v) is 9.01. The lowest BCUT2D eigenvalue weighted by atomic mass is 10.7. The SMILES string of the molecule is CNCc1nnc(-n2cc(Cl)cn2)s1. The van der Waals surface area contributed by atoms with Crippen LogP contribution in [0.4, 0.5) is 0 Å². The average molecular weight is 230 g/mol. The Morgan fingerprint density at radius 3 is 3.07 bits per heavy atom. The van der Waals surface area contributed by atoms with Crippen molar-refractivity contribution in [2.75, 3.05) is 7.05 Å². The molecule has 0 bridgehead atoms. The Balaban J connectivity index is 2.24. The minimum absolute atomic E-state index is 0.593. The highest BCUT2D eigenvalue weighted by molar-refractivity contribution is 7.13. The topological polar surface area (TPSA) is 55.6 Å². The van der Waals surface area contributed by atoms with Crippen molar-refractivity contribution in [2.45, 2.75) is 6.54 Å². The van der Waals surface area contributed by atoms with Crippen LogP contribution in [0.15, 0.2) is 12.4 Å². The molecular weight excluding hydrogens is 222 g/mol. The van der Waals surface area contributed by atoms with Crippen molar-refractivity contribution in [1.29, 1.82) is 0 Å². The van der Waals surface area contributed by atoms with E-state index in [9.17, 15) is 0 Å². The number of nitrogens with one attached hydrogen (secondary N) is 1. The summed E-state index contributed by atoms with van der Waals surface area (Å²) in [6.45, 7) is 0.715. The first kappa shape index (κ1) is 9.57. The summed E-state index contributed by atoms with van der Waals surface area (Å²) >= 11 is 7.22. The van der Waals surface area contributed by atoms with E-state index in [0.29, 0.717) is 11.6 Å². The number of aromatic nitrogens is 4. The van der Waals surface area contributed by atoms with Gasteiger partial charge in [-0.25, -0.2) is 4.68 Å². The summed E-state index contributed by atoms with van der Waals surface area (Å²) in [5.74, 6) is 0. The normalized spacial score (nSPS) is 10.7. The summed E-state index contributed by atoms with van der Waals surface area (Å²) in [6, 6.07) is 0. The van der Waals surface area contributed by atoms with Crippen LogP contribution in [0.3, 0.4) is 0 Å². The van der Waals surface area contributed by atoms with Gasteiger partial charge >= 0.3 is 0 Å². The fourth-order valence-corrected chi connectivity index (χ4v) is 1.89. The van der Waals surface area contributed by atoms with Crippen molar-refractivity contribution >= 4 is 22.9 Å². The molecule has 0 saturated heterocycles. The first-order valence-corrected chi connectivity index (χ1v) is 5.16. The third-order valence-electron chi connectivity index (χ3n) is 1.53. The Kier molecular flexibility index (Phi) is 2.76. The molecule has 2 rings (SSSR count). The molecule has 0 aliphatic rings. The van der Waals surface area contributed by atoms with Crippen LogP contribution in [0.25, 0.3) is 5.13 Å². The minimum atomic E-state index is 0.593. The Bertz CT molecular complexity index is 423. The molecule has 0 aliphatic heterocycles. The van der Waals surface area contributed by atoms with Crippen LogP contribution < -0.4 is 5.32 Å². The molecule has 0 atom stereocenters. The summed E-state index contributed by atoms with van der Waals surface area (Å²) in [5, 5.41) is 17.3. The largest absolute Gasteiger partial charge is 0.313 e. The first-order chi connectivity index (χ1) is 6.79. The van der Waals surface area contributed by atoms with Gasteiger partial charge in [-0.2, -0.15) is 5.10 Å². The first-order valence-electron chi connectivity index (χ1n) is 3.97. The number of rotatable bonds is 3. The van der Waals surface area contributed by atoms with Crippen LogP contribution >= 0.6 is 22.9 Å². The minimum Gasteiger partial charge on any atom is -0.313 e. The van der Waals surface area contributed by atoms with E-state index in [-0.39, 0.29) is 0 Å². The number of hydrogen-bond donors (Lipinski definition) is 1. The van der Waals surface area contributed by atoms with Crippen LogP contribution in [-0.4, -0.2) is 27.0 Å². The maximum atomic E-state index is 5.74. The van der Waals surface area contributed by atoms with Gasteiger partial charge in [0.25, 0.3) is 0 Å². The van der Waals surface area contributed by atoms with E-state index in [1.807, 2.05) is 7.05 Å². The molecule has 1 N–H and O–H groups in total. The third-order valence-corrected chi connectivity index (χ3v) is 2.64. The van der Waals surface area contributed by atoms with E-state index in [4.69, 9.17) is 11.6 Å². The Morgan fingerprint density at radius 1 is 1.57 bits per heavy atom. The van der Waals surface area contributed by atoms with Crippen molar-refractivity contribution in [1.82, 2.24) is 25.3 Å². The maximum absolute atomic E-state index is 5.74. The summed E-state index contributed by atoms with van der Waals surface area (Å²) < 4.78 is 1.61. The third kappa shape index (κ3) is 1.92. The summed E-state index contributed by atoms with van der Waals surface area (Å²) in [4.78, 5) is 0. The lowest BCUT2D eigenvalue weighted by Crippen LogP contribution is -2.04. The Hall–Kier alpha value is -0.980. The standard InChI is InChI=1S/C7H8ClN5S/c1-9-3-6-11-12-7(14-6)13-4-5(8)2-10-13/h2,4,9H,3H2,1H3. The fraction of sp³-hybridized carbons (Fsp3) is 0.286. The van der Waals surface area contributed by atoms with E-state index in [1.165, 1.54) is 11.3 Å². The van der Waals surface area contributed by atoms with Crippen molar-refractivity contribution in [3.8, 4) is 5.13 Å². The van der Waals surface area contributed by atoms with Crippen molar-refractivity contribution < 1.29 is 0 Å².